The predicted molar refractivity (Wildman–Crippen MR) is 89.6 cm³/mol. The van der Waals surface area contributed by atoms with Gasteiger partial charge in [0.05, 0.1) is 0 Å². The van der Waals surface area contributed by atoms with E-state index in [1.807, 2.05) is 0 Å². The first-order chi connectivity index (χ1) is 10.2. The van der Waals surface area contributed by atoms with Crippen molar-refractivity contribution in [3.8, 4) is 0 Å². The number of hydrogen-bond acceptors (Lipinski definition) is 3. The first kappa shape index (κ1) is 15.8. The van der Waals surface area contributed by atoms with Gasteiger partial charge in [0.25, 0.3) is 0 Å². The molecule has 0 aromatic carbocycles. The van der Waals surface area contributed by atoms with Crippen molar-refractivity contribution in [2.75, 3.05) is 46.3 Å². The second-order valence-corrected chi connectivity index (χ2v) is 8.15. The Morgan fingerprint density at radius 3 is 2.76 bits per heavy atom. The molecule has 3 fully saturated rings. The van der Waals surface area contributed by atoms with Gasteiger partial charge in [0.2, 0.25) is 0 Å². The molecule has 21 heavy (non-hydrogen) atoms. The number of hydrogen-bond donors (Lipinski definition) is 1. The van der Waals surface area contributed by atoms with E-state index >= 15 is 0 Å². The fourth-order valence-corrected chi connectivity index (χ4v) is 5.40. The second-order valence-electron chi connectivity index (χ2n) is 8.15. The van der Waals surface area contributed by atoms with Gasteiger partial charge in [-0.05, 0) is 70.1 Å². The Labute approximate surface area is 131 Å². The molecule has 122 valence electrons. The third kappa shape index (κ3) is 3.80. The molecule has 2 saturated heterocycles. The summed E-state index contributed by atoms with van der Waals surface area (Å²) in [6, 6.07) is 0.861. The van der Waals surface area contributed by atoms with Crippen LogP contribution in [0.25, 0.3) is 0 Å². The molecule has 2 aliphatic heterocycles. The zero-order valence-corrected chi connectivity index (χ0v) is 14.2. The van der Waals surface area contributed by atoms with E-state index in [0.717, 1.165) is 12.0 Å². The van der Waals surface area contributed by atoms with Crippen molar-refractivity contribution in [2.24, 2.45) is 11.3 Å². The molecular formula is C18H35N3. The topological polar surface area (TPSA) is 18.5 Å². The highest BCUT2D eigenvalue weighted by atomic mass is 15.3. The molecule has 3 rings (SSSR count). The summed E-state index contributed by atoms with van der Waals surface area (Å²) in [5.74, 6) is 0.919. The quantitative estimate of drug-likeness (QED) is 0.859. The molecule has 0 spiro atoms. The van der Waals surface area contributed by atoms with Crippen molar-refractivity contribution in [1.82, 2.24) is 15.1 Å². The van der Waals surface area contributed by atoms with Crippen molar-refractivity contribution in [3.63, 3.8) is 0 Å². The van der Waals surface area contributed by atoms with Crippen LogP contribution in [-0.2, 0) is 0 Å². The number of rotatable bonds is 4. The molecule has 3 unspecified atom stereocenters. The summed E-state index contributed by atoms with van der Waals surface area (Å²) in [5.41, 5.74) is 0.542. The average molecular weight is 293 g/mol. The van der Waals surface area contributed by atoms with Gasteiger partial charge in [0.15, 0.2) is 0 Å². The fraction of sp³-hybridized carbons (Fsp3) is 1.00. The van der Waals surface area contributed by atoms with E-state index in [2.05, 4.69) is 29.1 Å². The van der Waals surface area contributed by atoms with Gasteiger partial charge < -0.3 is 10.2 Å². The summed E-state index contributed by atoms with van der Waals surface area (Å²) in [4.78, 5) is 5.58. The molecule has 1 saturated carbocycles. The molecular weight excluding hydrogens is 258 g/mol. The minimum atomic E-state index is 0.542. The van der Waals surface area contributed by atoms with Gasteiger partial charge >= 0.3 is 0 Å². The highest BCUT2D eigenvalue weighted by Crippen LogP contribution is 2.40. The molecule has 2 heterocycles. The molecule has 3 atom stereocenters. The SMILES string of the molecule is CNCC1(CN2CCCN3CCCC3C2)CCCC(C)C1. The maximum Gasteiger partial charge on any atom is 0.0223 e. The van der Waals surface area contributed by atoms with E-state index < -0.39 is 0 Å². The predicted octanol–water partition coefficient (Wildman–Crippen LogP) is 2.57. The molecule has 1 aliphatic carbocycles. The first-order valence-corrected chi connectivity index (χ1v) is 9.32. The average Bonchev–Trinajstić information content (AvgIpc) is 2.78. The fourth-order valence-electron chi connectivity index (χ4n) is 5.40. The smallest absolute Gasteiger partial charge is 0.0223 e. The second kappa shape index (κ2) is 6.97. The zero-order valence-electron chi connectivity index (χ0n) is 14.2. The van der Waals surface area contributed by atoms with Crippen molar-refractivity contribution in [1.29, 1.82) is 0 Å². The minimum absolute atomic E-state index is 0.542. The van der Waals surface area contributed by atoms with Crippen LogP contribution in [0.3, 0.4) is 0 Å². The summed E-state index contributed by atoms with van der Waals surface area (Å²) >= 11 is 0. The Balaban J connectivity index is 1.64. The van der Waals surface area contributed by atoms with Gasteiger partial charge in [0.1, 0.15) is 0 Å². The first-order valence-electron chi connectivity index (χ1n) is 9.32. The largest absolute Gasteiger partial charge is 0.319 e. The summed E-state index contributed by atoms with van der Waals surface area (Å²) in [5, 5.41) is 3.51. The van der Waals surface area contributed by atoms with E-state index in [0.29, 0.717) is 5.41 Å². The molecule has 0 radical (unpaired) electrons. The van der Waals surface area contributed by atoms with Crippen LogP contribution in [0.5, 0.6) is 0 Å². The van der Waals surface area contributed by atoms with Crippen LogP contribution in [0.15, 0.2) is 0 Å². The van der Waals surface area contributed by atoms with E-state index in [-0.39, 0.29) is 0 Å². The minimum Gasteiger partial charge on any atom is -0.319 e. The molecule has 0 bridgehead atoms. The van der Waals surface area contributed by atoms with Crippen LogP contribution in [-0.4, -0.2) is 62.2 Å². The van der Waals surface area contributed by atoms with Crippen LogP contribution in [0.2, 0.25) is 0 Å². The molecule has 0 aromatic heterocycles. The lowest BCUT2D eigenvalue weighted by atomic mass is 9.69. The Kier molecular flexibility index (Phi) is 5.23. The van der Waals surface area contributed by atoms with Crippen LogP contribution in [0.1, 0.15) is 51.9 Å². The van der Waals surface area contributed by atoms with Gasteiger partial charge in [-0.1, -0.05) is 19.8 Å². The van der Waals surface area contributed by atoms with Crippen LogP contribution in [0.4, 0.5) is 0 Å². The summed E-state index contributed by atoms with van der Waals surface area (Å²) in [7, 11) is 2.14. The highest BCUT2D eigenvalue weighted by Gasteiger charge is 2.37. The lowest BCUT2D eigenvalue weighted by molar-refractivity contribution is 0.0778. The Morgan fingerprint density at radius 2 is 1.95 bits per heavy atom. The third-order valence-corrected chi connectivity index (χ3v) is 6.18. The van der Waals surface area contributed by atoms with Crippen molar-refractivity contribution in [2.45, 2.75) is 57.9 Å². The van der Waals surface area contributed by atoms with Gasteiger partial charge in [-0.25, -0.2) is 0 Å². The van der Waals surface area contributed by atoms with Gasteiger partial charge in [-0.3, -0.25) is 4.90 Å². The number of nitrogens with zero attached hydrogens (tertiary/aromatic N) is 2. The van der Waals surface area contributed by atoms with Crippen LogP contribution < -0.4 is 5.32 Å². The van der Waals surface area contributed by atoms with Gasteiger partial charge in [0, 0.05) is 25.7 Å². The molecule has 3 aliphatic rings. The van der Waals surface area contributed by atoms with Gasteiger partial charge in [-0.2, -0.15) is 0 Å². The van der Waals surface area contributed by atoms with E-state index in [1.54, 1.807) is 0 Å². The summed E-state index contributed by atoms with van der Waals surface area (Å²) < 4.78 is 0. The number of fused-ring (bicyclic) bond motifs is 1. The number of nitrogens with one attached hydrogen (secondary N) is 1. The Morgan fingerprint density at radius 1 is 1.10 bits per heavy atom. The van der Waals surface area contributed by atoms with Crippen LogP contribution >= 0.6 is 0 Å². The lowest BCUT2D eigenvalue weighted by Gasteiger charge is -2.43. The van der Waals surface area contributed by atoms with E-state index in [1.165, 1.54) is 84.2 Å². The van der Waals surface area contributed by atoms with E-state index in [4.69, 9.17) is 0 Å². The molecule has 3 nitrogen and oxygen atoms in total. The third-order valence-electron chi connectivity index (χ3n) is 6.18. The maximum absolute atomic E-state index is 3.51. The lowest BCUT2D eigenvalue weighted by Crippen LogP contribution is -2.48. The van der Waals surface area contributed by atoms with Gasteiger partial charge in [-0.15, -0.1) is 0 Å². The van der Waals surface area contributed by atoms with Crippen molar-refractivity contribution < 1.29 is 0 Å². The standard InChI is InChI=1S/C18H35N3/c1-16-6-3-8-18(12-16,14-19-2)15-20-9-5-11-21-10-4-7-17(21)13-20/h16-17,19H,3-15H2,1-2H3. The maximum atomic E-state index is 3.51. The molecule has 3 heteroatoms. The van der Waals surface area contributed by atoms with E-state index in [9.17, 15) is 0 Å². The van der Waals surface area contributed by atoms with Crippen molar-refractivity contribution in [3.05, 3.63) is 0 Å². The normalized spacial score (nSPS) is 39.1. The highest BCUT2D eigenvalue weighted by molar-refractivity contribution is 4.92. The molecule has 1 N–H and O–H groups in total. The monoisotopic (exact) mass is 293 g/mol. The Bertz CT molecular complexity index is 328. The molecule has 0 amide bonds. The summed E-state index contributed by atoms with van der Waals surface area (Å²) in [6.07, 6.45) is 9.99. The van der Waals surface area contributed by atoms with Crippen molar-refractivity contribution >= 4 is 0 Å². The summed E-state index contributed by atoms with van der Waals surface area (Å²) in [6.45, 7) is 10.4. The Hall–Kier alpha value is -0.120. The van der Waals surface area contributed by atoms with Crippen LogP contribution in [0, 0.1) is 11.3 Å². The molecule has 0 aromatic rings. The zero-order chi connectivity index (χ0) is 14.7.